The molecule has 0 aliphatic carbocycles. The van der Waals surface area contributed by atoms with Gasteiger partial charge >= 0.3 is 0 Å². The average Bonchev–Trinajstić information content (AvgIpc) is 2.24. The highest BCUT2D eigenvalue weighted by molar-refractivity contribution is 8.18. The summed E-state index contributed by atoms with van der Waals surface area (Å²) >= 11 is 4.37. The van der Waals surface area contributed by atoms with Gasteiger partial charge in [-0.2, -0.15) is 0 Å². The van der Waals surface area contributed by atoms with E-state index in [2.05, 4.69) is 50.2 Å². The van der Waals surface area contributed by atoms with Crippen molar-refractivity contribution in [1.82, 2.24) is 0 Å². The van der Waals surface area contributed by atoms with Gasteiger partial charge in [-0.1, -0.05) is 27.2 Å². The van der Waals surface area contributed by atoms with E-state index in [0.29, 0.717) is 9.49 Å². The molecule has 1 aliphatic heterocycles. The molecule has 1 aliphatic rings. The topological polar surface area (TPSA) is 0 Å². The van der Waals surface area contributed by atoms with Gasteiger partial charge in [0.15, 0.2) is 0 Å². The highest BCUT2D eigenvalue weighted by atomic mass is 32.2. The lowest BCUT2D eigenvalue weighted by Crippen LogP contribution is -2.39. The van der Waals surface area contributed by atoms with Crippen LogP contribution >= 0.6 is 23.5 Å². The number of unbranched alkanes of at least 4 members (excludes halogenated alkanes) is 2. The van der Waals surface area contributed by atoms with Crippen LogP contribution in [0.15, 0.2) is 0 Å². The normalized spacial score (nSPS) is 20.4. The summed E-state index contributed by atoms with van der Waals surface area (Å²) < 4.78 is 0.430. The van der Waals surface area contributed by atoms with Crippen LogP contribution in [0.5, 0.6) is 0 Å². The van der Waals surface area contributed by atoms with E-state index in [1.165, 1.54) is 37.2 Å². The lowest BCUT2D eigenvalue weighted by molar-refractivity contribution is 0.344. The Morgan fingerprint density at radius 2 is 1.81 bits per heavy atom. The minimum Gasteiger partial charge on any atom is -0.144 e. The van der Waals surface area contributed by atoms with Gasteiger partial charge < -0.3 is 0 Å². The summed E-state index contributed by atoms with van der Waals surface area (Å²) in [6, 6.07) is 0. The molecule has 0 spiro atoms. The third-order valence-electron chi connectivity index (χ3n) is 3.18. The molecule has 0 aromatic carbocycles. The average molecular weight is 256 g/mol. The molecule has 1 rings (SSSR count). The largest absolute Gasteiger partial charge is 0.144 e. The van der Waals surface area contributed by atoms with Gasteiger partial charge in [-0.3, -0.25) is 0 Å². The van der Waals surface area contributed by atoms with Gasteiger partial charge in [0.05, 0.1) is 4.08 Å². The van der Waals surface area contributed by atoms with Crippen molar-refractivity contribution < 1.29 is 0 Å². The van der Waals surface area contributed by atoms with E-state index in [9.17, 15) is 0 Å². The maximum atomic E-state index is 5.31. The van der Waals surface area contributed by atoms with Crippen LogP contribution < -0.4 is 0 Å². The second kappa shape index (κ2) is 6.26. The number of hydrogen-bond donors (Lipinski definition) is 0. The molecule has 16 heavy (non-hydrogen) atoms. The van der Waals surface area contributed by atoms with Gasteiger partial charge in [0.1, 0.15) is 0 Å². The fraction of sp³-hybridized carbons (Fsp3) is 0.857. The van der Waals surface area contributed by atoms with Crippen LogP contribution in [0.3, 0.4) is 0 Å². The molecule has 0 aromatic heterocycles. The molecule has 0 unspecified atom stereocenters. The third-order valence-corrected chi connectivity index (χ3v) is 7.44. The molecule has 1 heterocycles. The van der Waals surface area contributed by atoms with E-state index in [1.807, 2.05) is 0 Å². The molecule has 1 fully saturated rings. The van der Waals surface area contributed by atoms with Gasteiger partial charge in [-0.15, -0.1) is 35.9 Å². The second-order valence-corrected chi connectivity index (χ2v) is 8.51. The molecule has 0 bridgehead atoms. The summed E-state index contributed by atoms with van der Waals surface area (Å²) in [5.74, 6) is 5.41. The summed E-state index contributed by atoms with van der Waals surface area (Å²) in [5.41, 5.74) is 0.388. The molecule has 0 saturated carbocycles. The van der Waals surface area contributed by atoms with Crippen LogP contribution in [0, 0.1) is 17.8 Å². The lowest BCUT2D eigenvalue weighted by atomic mass is 9.87. The van der Waals surface area contributed by atoms with Crippen LogP contribution in [-0.2, 0) is 0 Å². The van der Waals surface area contributed by atoms with E-state index >= 15 is 0 Å². The summed E-state index contributed by atoms with van der Waals surface area (Å²) in [7, 11) is 0. The molecule has 0 atom stereocenters. The molecule has 92 valence electrons. The van der Waals surface area contributed by atoms with E-state index in [4.69, 9.17) is 6.42 Å². The van der Waals surface area contributed by atoms with Gasteiger partial charge in [0.25, 0.3) is 0 Å². The first kappa shape index (κ1) is 14.3. The third kappa shape index (κ3) is 3.64. The van der Waals surface area contributed by atoms with Crippen LogP contribution in [0.4, 0.5) is 0 Å². The van der Waals surface area contributed by atoms with Crippen LogP contribution in [-0.4, -0.2) is 15.6 Å². The second-order valence-electron chi connectivity index (χ2n) is 5.46. The van der Waals surface area contributed by atoms with Gasteiger partial charge in [-0.25, -0.2) is 0 Å². The Hall–Kier alpha value is 0.260. The molecule has 0 amide bonds. The van der Waals surface area contributed by atoms with Crippen LogP contribution in [0.25, 0.3) is 0 Å². The fourth-order valence-corrected chi connectivity index (χ4v) is 5.81. The molecule has 0 aromatic rings. The summed E-state index contributed by atoms with van der Waals surface area (Å²) in [5, 5.41) is 0. The summed E-state index contributed by atoms with van der Waals surface area (Å²) in [6.45, 7) is 7.17. The van der Waals surface area contributed by atoms with Gasteiger partial charge in [0.2, 0.25) is 0 Å². The monoisotopic (exact) mass is 256 g/mol. The molecule has 0 N–H and O–H groups in total. The van der Waals surface area contributed by atoms with E-state index in [-0.39, 0.29) is 0 Å². The first-order valence-electron chi connectivity index (χ1n) is 6.23. The van der Waals surface area contributed by atoms with Crippen molar-refractivity contribution in [3.8, 4) is 12.3 Å². The predicted molar refractivity (Wildman–Crippen MR) is 79.0 cm³/mol. The van der Waals surface area contributed by atoms with Crippen LogP contribution in [0.2, 0.25) is 0 Å². The number of rotatable bonds is 4. The standard InChI is InChI=1S/C14H24S2/c1-5-6-7-8-10-14(13(2,3)4)15-11-9-12-16-14/h1H,6-12H2,2-4H3. The molecule has 1 saturated heterocycles. The molecule has 0 nitrogen and oxygen atoms in total. The van der Waals surface area contributed by atoms with Crippen molar-refractivity contribution in [2.24, 2.45) is 5.41 Å². The quantitative estimate of drug-likeness (QED) is 0.524. The van der Waals surface area contributed by atoms with E-state index < -0.39 is 0 Å². The maximum absolute atomic E-state index is 5.31. The Labute approximate surface area is 110 Å². The molecule has 0 radical (unpaired) electrons. The summed E-state index contributed by atoms with van der Waals surface area (Å²) in [6.07, 6.45) is 11.4. The van der Waals surface area contributed by atoms with Crippen molar-refractivity contribution in [3.05, 3.63) is 0 Å². The van der Waals surface area contributed by atoms with E-state index in [0.717, 1.165) is 6.42 Å². The van der Waals surface area contributed by atoms with Gasteiger partial charge in [-0.05, 0) is 36.2 Å². The minimum atomic E-state index is 0.388. The zero-order valence-corrected chi connectivity index (χ0v) is 12.5. The Bertz CT molecular complexity index is 238. The predicted octanol–water partition coefficient (Wildman–Crippen LogP) is 4.79. The van der Waals surface area contributed by atoms with Crippen molar-refractivity contribution >= 4 is 23.5 Å². The lowest BCUT2D eigenvalue weighted by Gasteiger charge is -2.46. The highest BCUT2D eigenvalue weighted by Crippen LogP contribution is 2.56. The Morgan fingerprint density at radius 1 is 1.19 bits per heavy atom. The van der Waals surface area contributed by atoms with Gasteiger partial charge in [0, 0.05) is 6.42 Å². The zero-order chi connectivity index (χ0) is 12.1. The van der Waals surface area contributed by atoms with Crippen LogP contribution in [0.1, 0.15) is 52.9 Å². The molecular formula is C14H24S2. The number of hydrogen-bond acceptors (Lipinski definition) is 2. The first-order valence-corrected chi connectivity index (χ1v) is 8.20. The van der Waals surface area contributed by atoms with Crippen molar-refractivity contribution in [2.45, 2.75) is 57.0 Å². The van der Waals surface area contributed by atoms with Crippen molar-refractivity contribution in [3.63, 3.8) is 0 Å². The summed E-state index contributed by atoms with van der Waals surface area (Å²) in [4.78, 5) is 0. The molecule has 2 heteroatoms. The maximum Gasteiger partial charge on any atom is 0.0659 e. The first-order chi connectivity index (χ1) is 7.52. The minimum absolute atomic E-state index is 0.388. The Balaban J connectivity index is 2.54. The van der Waals surface area contributed by atoms with E-state index in [1.54, 1.807) is 0 Å². The number of terminal acetylenes is 1. The highest BCUT2D eigenvalue weighted by Gasteiger charge is 2.43. The molecular weight excluding hydrogens is 232 g/mol. The smallest absolute Gasteiger partial charge is 0.0659 e. The Morgan fingerprint density at radius 3 is 2.31 bits per heavy atom. The SMILES string of the molecule is C#CCCCCC1(C(C)(C)C)SCCCS1. The number of thioether (sulfide) groups is 2. The zero-order valence-electron chi connectivity index (χ0n) is 10.8. The fourth-order valence-electron chi connectivity index (χ4n) is 2.11. The Kier molecular flexibility index (Phi) is 5.61. The van der Waals surface area contributed by atoms with Crippen molar-refractivity contribution in [2.75, 3.05) is 11.5 Å². The van der Waals surface area contributed by atoms with Crippen molar-refractivity contribution in [1.29, 1.82) is 0 Å².